The lowest BCUT2D eigenvalue weighted by Gasteiger charge is -2.20. The molecule has 1 aromatic carbocycles. The van der Waals surface area contributed by atoms with Crippen molar-refractivity contribution < 1.29 is 14.6 Å². The van der Waals surface area contributed by atoms with Crippen LogP contribution in [0.15, 0.2) is 18.2 Å². The summed E-state index contributed by atoms with van der Waals surface area (Å²) in [7, 11) is 1.48. The van der Waals surface area contributed by atoms with Crippen molar-refractivity contribution in [3.63, 3.8) is 0 Å². The van der Waals surface area contributed by atoms with Crippen molar-refractivity contribution in [1.82, 2.24) is 4.90 Å². The van der Waals surface area contributed by atoms with Crippen LogP contribution in [0.3, 0.4) is 0 Å². The molecule has 0 fully saturated rings. The SMILES string of the molecule is CCCN(CC)C(=O)c1ccc(OC)c(O)c1. The molecule has 1 aromatic rings. The van der Waals surface area contributed by atoms with E-state index in [0.717, 1.165) is 13.0 Å². The van der Waals surface area contributed by atoms with Gasteiger partial charge in [-0.3, -0.25) is 4.79 Å². The topological polar surface area (TPSA) is 49.8 Å². The molecular weight excluding hydrogens is 218 g/mol. The maximum Gasteiger partial charge on any atom is 0.253 e. The summed E-state index contributed by atoms with van der Waals surface area (Å²) in [5.41, 5.74) is 0.485. The molecular formula is C13H19NO3. The predicted octanol–water partition coefficient (Wildman–Crippen LogP) is 2.27. The molecule has 0 atom stereocenters. The lowest BCUT2D eigenvalue weighted by Crippen LogP contribution is -2.31. The number of phenolic OH excluding ortho intramolecular Hbond substituents is 1. The molecule has 94 valence electrons. The number of benzene rings is 1. The minimum Gasteiger partial charge on any atom is -0.504 e. The minimum absolute atomic E-state index is 0.00842. The summed E-state index contributed by atoms with van der Waals surface area (Å²) >= 11 is 0. The Balaban J connectivity index is 2.92. The van der Waals surface area contributed by atoms with Crippen LogP contribution in [0, 0.1) is 0 Å². The highest BCUT2D eigenvalue weighted by Crippen LogP contribution is 2.26. The highest BCUT2D eigenvalue weighted by molar-refractivity contribution is 5.94. The zero-order chi connectivity index (χ0) is 12.8. The third kappa shape index (κ3) is 3.12. The molecule has 0 heterocycles. The van der Waals surface area contributed by atoms with Gasteiger partial charge in [-0.1, -0.05) is 6.92 Å². The van der Waals surface area contributed by atoms with Gasteiger partial charge in [0.2, 0.25) is 0 Å². The second kappa shape index (κ2) is 6.13. The summed E-state index contributed by atoms with van der Waals surface area (Å²) in [4.78, 5) is 13.8. The molecule has 0 bridgehead atoms. The quantitative estimate of drug-likeness (QED) is 0.854. The van der Waals surface area contributed by atoms with Gasteiger partial charge >= 0.3 is 0 Å². The second-order valence-corrected chi connectivity index (χ2v) is 3.77. The summed E-state index contributed by atoms with van der Waals surface area (Å²) in [6.07, 6.45) is 0.918. The number of amides is 1. The maximum atomic E-state index is 12.1. The molecule has 4 nitrogen and oxygen atoms in total. The van der Waals surface area contributed by atoms with Gasteiger partial charge in [-0.05, 0) is 31.5 Å². The number of ether oxygens (including phenoxy) is 1. The van der Waals surface area contributed by atoms with Gasteiger partial charge in [0.05, 0.1) is 7.11 Å². The van der Waals surface area contributed by atoms with Crippen molar-refractivity contribution in [3.8, 4) is 11.5 Å². The van der Waals surface area contributed by atoms with Gasteiger partial charge in [0.1, 0.15) is 0 Å². The van der Waals surface area contributed by atoms with Gasteiger partial charge in [0, 0.05) is 18.7 Å². The smallest absolute Gasteiger partial charge is 0.253 e. The molecule has 1 rings (SSSR count). The summed E-state index contributed by atoms with van der Waals surface area (Å²) < 4.78 is 4.94. The zero-order valence-corrected chi connectivity index (χ0v) is 10.6. The Bertz CT molecular complexity index is 390. The third-order valence-electron chi connectivity index (χ3n) is 2.59. The number of phenols is 1. The second-order valence-electron chi connectivity index (χ2n) is 3.77. The Kier molecular flexibility index (Phi) is 4.82. The first-order valence-electron chi connectivity index (χ1n) is 5.80. The molecule has 0 unspecified atom stereocenters. The Morgan fingerprint density at radius 2 is 2.12 bits per heavy atom. The van der Waals surface area contributed by atoms with Crippen LogP contribution in [-0.4, -0.2) is 36.1 Å². The van der Waals surface area contributed by atoms with Crippen LogP contribution in [-0.2, 0) is 0 Å². The Labute approximate surface area is 102 Å². The van der Waals surface area contributed by atoms with E-state index in [1.807, 2.05) is 13.8 Å². The largest absolute Gasteiger partial charge is 0.504 e. The van der Waals surface area contributed by atoms with E-state index in [1.165, 1.54) is 13.2 Å². The molecule has 4 heteroatoms. The van der Waals surface area contributed by atoms with Crippen molar-refractivity contribution in [2.45, 2.75) is 20.3 Å². The predicted molar refractivity (Wildman–Crippen MR) is 66.5 cm³/mol. The van der Waals surface area contributed by atoms with E-state index in [2.05, 4.69) is 0 Å². The average molecular weight is 237 g/mol. The molecule has 0 aliphatic rings. The minimum atomic E-state index is -0.0627. The molecule has 0 aliphatic heterocycles. The highest BCUT2D eigenvalue weighted by atomic mass is 16.5. The zero-order valence-electron chi connectivity index (χ0n) is 10.6. The number of carbonyl (C=O) groups excluding carboxylic acids is 1. The first-order valence-corrected chi connectivity index (χ1v) is 5.80. The van der Waals surface area contributed by atoms with Crippen LogP contribution >= 0.6 is 0 Å². The number of aromatic hydroxyl groups is 1. The molecule has 0 saturated heterocycles. The van der Waals surface area contributed by atoms with Crippen LogP contribution in [0.25, 0.3) is 0 Å². The van der Waals surface area contributed by atoms with E-state index in [0.29, 0.717) is 17.9 Å². The molecule has 1 N–H and O–H groups in total. The lowest BCUT2D eigenvalue weighted by atomic mass is 10.1. The van der Waals surface area contributed by atoms with E-state index >= 15 is 0 Å². The number of rotatable bonds is 5. The highest BCUT2D eigenvalue weighted by Gasteiger charge is 2.14. The van der Waals surface area contributed by atoms with Crippen LogP contribution in [0.2, 0.25) is 0 Å². The number of carbonyl (C=O) groups is 1. The first kappa shape index (κ1) is 13.4. The van der Waals surface area contributed by atoms with Crippen LogP contribution < -0.4 is 4.74 Å². The van der Waals surface area contributed by atoms with Crippen molar-refractivity contribution in [1.29, 1.82) is 0 Å². The Morgan fingerprint density at radius 1 is 1.41 bits per heavy atom. The van der Waals surface area contributed by atoms with Gasteiger partial charge in [-0.25, -0.2) is 0 Å². The van der Waals surface area contributed by atoms with E-state index in [1.54, 1.807) is 17.0 Å². The molecule has 0 aromatic heterocycles. The van der Waals surface area contributed by atoms with Crippen molar-refractivity contribution in [2.24, 2.45) is 0 Å². The monoisotopic (exact) mass is 237 g/mol. The standard InChI is InChI=1S/C13H19NO3/c1-4-8-14(5-2)13(16)10-6-7-12(17-3)11(15)9-10/h6-7,9,15H,4-5,8H2,1-3H3. The van der Waals surface area contributed by atoms with E-state index in [4.69, 9.17) is 4.74 Å². The Morgan fingerprint density at radius 3 is 2.59 bits per heavy atom. The van der Waals surface area contributed by atoms with Crippen molar-refractivity contribution in [3.05, 3.63) is 23.8 Å². The van der Waals surface area contributed by atoms with Gasteiger partial charge in [0.25, 0.3) is 5.91 Å². The molecule has 0 saturated carbocycles. The summed E-state index contributed by atoms with van der Waals surface area (Å²) in [5, 5.41) is 9.63. The van der Waals surface area contributed by atoms with Gasteiger partial charge in [0.15, 0.2) is 11.5 Å². The van der Waals surface area contributed by atoms with E-state index in [9.17, 15) is 9.90 Å². The van der Waals surface area contributed by atoms with Gasteiger partial charge in [-0.2, -0.15) is 0 Å². The Hall–Kier alpha value is -1.71. The molecule has 0 radical (unpaired) electrons. The van der Waals surface area contributed by atoms with Crippen LogP contribution in [0.5, 0.6) is 11.5 Å². The van der Waals surface area contributed by atoms with Crippen LogP contribution in [0.4, 0.5) is 0 Å². The number of hydrogen-bond acceptors (Lipinski definition) is 3. The molecule has 1 amide bonds. The number of methoxy groups -OCH3 is 1. The molecule has 0 spiro atoms. The molecule has 17 heavy (non-hydrogen) atoms. The fourth-order valence-electron chi connectivity index (χ4n) is 1.68. The summed E-state index contributed by atoms with van der Waals surface area (Å²) in [6, 6.07) is 4.71. The summed E-state index contributed by atoms with van der Waals surface area (Å²) in [5.74, 6) is 0.304. The van der Waals surface area contributed by atoms with Crippen molar-refractivity contribution >= 4 is 5.91 Å². The molecule has 0 aliphatic carbocycles. The normalized spacial score (nSPS) is 10.1. The fourth-order valence-corrected chi connectivity index (χ4v) is 1.68. The lowest BCUT2D eigenvalue weighted by molar-refractivity contribution is 0.0764. The maximum absolute atomic E-state index is 12.1. The van der Waals surface area contributed by atoms with Gasteiger partial charge in [-0.15, -0.1) is 0 Å². The summed E-state index contributed by atoms with van der Waals surface area (Å²) in [6.45, 7) is 5.36. The first-order chi connectivity index (χ1) is 8.13. The van der Waals surface area contributed by atoms with Crippen LogP contribution in [0.1, 0.15) is 30.6 Å². The van der Waals surface area contributed by atoms with Gasteiger partial charge < -0.3 is 14.7 Å². The fraction of sp³-hybridized carbons (Fsp3) is 0.462. The third-order valence-corrected chi connectivity index (χ3v) is 2.59. The number of nitrogens with zero attached hydrogens (tertiary/aromatic N) is 1. The van der Waals surface area contributed by atoms with E-state index in [-0.39, 0.29) is 11.7 Å². The van der Waals surface area contributed by atoms with E-state index < -0.39 is 0 Å². The average Bonchev–Trinajstić information content (AvgIpc) is 2.35. The number of hydrogen-bond donors (Lipinski definition) is 1. The van der Waals surface area contributed by atoms with Crippen molar-refractivity contribution in [2.75, 3.05) is 20.2 Å².